The zero-order valence-electron chi connectivity index (χ0n) is 8.53. The van der Waals surface area contributed by atoms with Gasteiger partial charge in [0.15, 0.2) is 0 Å². The molecule has 0 amide bonds. The molecule has 1 atom stereocenters. The van der Waals surface area contributed by atoms with Crippen molar-refractivity contribution in [3.63, 3.8) is 0 Å². The van der Waals surface area contributed by atoms with Crippen molar-refractivity contribution in [1.82, 2.24) is 20.3 Å². The molecule has 0 aliphatic carbocycles. The Hall–Kier alpha value is -1.42. The molecule has 0 saturated carbocycles. The van der Waals surface area contributed by atoms with Gasteiger partial charge >= 0.3 is 0 Å². The van der Waals surface area contributed by atoms with Gasteiger partial charge in [0, 0.05) is 24.0 Å². The quantitative estimate of drug-likeness (QED) is 0.735. The summed E-state index contributed by atoms with van der Waals surface area (Å²) in [6, 6.07) is 2.07. The van der Waals surface area contributed by atoms with Crippen LogP contribution in [0, 0.1) is 0 Å². The Bertz CT molecular complexity index is 456. The largest absolute Gasteiger partial charge is 0.346 e. The summed E-state index contributed by atoms with van der Waals surface area (Å²) in [5.74, 6) is 0.542. The minimum atomic E-state index is 0.542. The molecule has 2 aromatic heterocycles. The first kappa shape index (κ1) is 8.85. The van der Waals surface area contributed by atoms with Crippen LogP contribution in [0.1, 0.15) is 24.5 Å². The van der Waals surface area contributed by atoms with Crippen LogP contribution in [0.25, 0.3) is 11.0 Å². The highest BCUT2D eigenvalue weighted by Gasteiger charge is 2.19. The smallest absolute Gasteiger partial charge is 0.140 e. The Labute approximate surface area is 88.1 Å². The van der Waals surface area contributed by atoms with Crippen LogP contribution in [-0.2, 0) is 0 Å². The van der Waals surface area contributed by atoms with Crippen molar-refractivity contribution in [2.75, 3.05) is 13.1 Å². The molecule has 78 valence electrons. The lowest BCUT2D eigenvalue weighted by atomic mass is 9.94. The van der Waals surface area contributed by atoms with Crippen LogP contribution in [-0.4, -0.2) is 28.0 Å². The molecule has 0 radical (unpaired) electrons. The third-order valence-electron chi connectivity index (χ3n) is 3.07. The molecule has 15 heavy (non-hydrogen) atoms. The number of hydrogen-bond donors (Lipinski definition) is 2. The molecule has 1 aliphatic rings. The van der Waals surface area contributed by atoms with Gasteiger partial charge in [0.1, 0.15) is 12.0 Å². The fraction of sp³-hybridized carbons (Fsp3) is 0.455. The summed E-state index contributed by atoms with van der Waals surface area (Å²) >= 11 is 0. The van der Waals surface area contributed by atoms with Crippen LogP contribution in [0.4, 0.5) is 0 Å². The maximum absolute atomic E-state index is 4.43. The van der Waals surface area contributed by atoms with Gasteiger partial charge in [0.2, 0.25) is 0 Å². The van der Waals surface area contributed by atoms with E-state index in [1.54, 1.807) is 6.33 Å². The summed E-state index contributed by atoms with van der Waals surface area (Å²) in [6.45, 7) is 2.18. The van der Waals surface area contributed by atoms with E-state index in [0.29, 0.717) is 5.92 Å². The number of H-pyrrole nitrogens is 1. The van der Waals surface area contributed by atoms with Crippen molar-refractivity contribution in [1.29, 1.82) is 0 Å². The molecule has 1 saturated heterocycles. The first-order valence-electron chi connectivity index (χ1n) is 5.44. The summed E-state index contributed by atoms with van der Waals surface area (Å²) in [4.78, 5) is 11.8. The topological polar surface area (TPSA) is 53.6 Å². The maximum atomic E-state index is 4.43. The molecular formula is C11H14N4. The van der Waals surface area contributed by atoms with Crippen LogP contribution in [0.3, 0.4) is 0 Å². The third-order valence-corrected chi connectivity index (χ3v) is 3.07. The Morgan fingerprint density at radius 2 is 2.33 bits per heavy atom. The standard InChI is InChI=1S/C11H14N4/c1-2-8(6-12-4-1)10-9-3-5-13-11(9)15-7-14-10/h3,5,7-8,12H,1-2,4,6H2,(H,13,14,15). The lowest BCUT2D eigenvalue weighted by molar-refractivity contribution is 0.456. The predicted octanol–water partition coefficient (Wildman–Crippen LogP) is 1.42. The van der Waals surface area contributed by atoms with E-state index in [9.17, 15) is 0 Å². The van der Waals surface area contributed by atoms with Gasteiger partial charge in [-0.3, -0.25) is 0 Å². The molecule has 3 heterocycles. The number of nitrogens with zero attached hydrogens (tertiary/aromatic N) is 2. The van der Waals surface area contributed by atoms with E-state index in [0.717, 1.165) is 18.7 Å². The number of hydrogen-bond acceptors (Lipinski definition) is 3. The van der Waals surface area contributed by atoms with Crippen molar-refractivity contribution in [2.45, 2.75) is 18.8 Å². The molecule has 0 bridgehead atoms. The summed E-state index contributed by atoms with van der Waals surface area (Å²) in [7, 11) is 0. The summed E-state index contributed by atoms with van der Waals surface area (Å²) < 4.78 is 0. The van der Waals surface area contributed by atoms with Gasteiger partial charge in [-0.1, -0.05) is 0 Å². The van der Waals surface area contributed by atoms with Gasteiger partial charge in [0.25, 0.3) is 0 Å². The second-order valence-corrected chi connectivity index (χ2v) is 4.04. The van der Waals surface area contributed by atoms with E-state index in [4.69, 9.17) is 0 Å². The summed E-state index contributed by atoms with van der Waals surface area (Å²) in [5.41, 5.74) is 2.14. The highest BCUT2D eigenvalue weighted by molar-refractivity contribution is 5.78. The minimum absolute atomic E-state index is 0.542. The van der Waals surface area contributed by atoms with E-state index < -0.39 is 0 Å². The van der Waals surface area contributed by atoms with Crippen molar-refractivity contribution in [3.05, 3.63) is 24.3 Å². The first-order chi connectivity index (χ1) is 7.45. The molecule has 2 aromatic rings. The third kappa shape index (κ3) is 1.51. The molecule has 1 fully saturated rings. The Morgan fingerprint density at radius 3 is 3.20 bits per heavy atom. The Balaban J connectivity index is 2.05. The second-order valence-electron chi connectivity index (χ2n) is 4.04. The molecule has 0 spiro atoms. The molecule has 4 nitrogen and oxygen atoms in total. The Kier molecular flexibility index (Phi) is 2.14. The molecular weight excluding hydrogens is 188 g/mol. The summed E-state index contributed by atoms with van der Waals surface area (Å²) in [6.07, 6.45) is 6.05. The van der Waals surface area contributed by atoms with Crippen LogP contribution < -0.4 is 5.32 Å². The monoisotopic (exact) mass is 202 g/mol. The second kappa shape index (κ2) is 3.62. The molecule has 4 heteroatoms. The molecule has 1 unspecified atom stereocenters. The van der Waals surface area contributed by atoms with Gasteiger partial charge in [-0.25, -0.2) is 9.97 Å². The van der Waals surface area contributed by atoms with E-state index in [1.165, 1.54) is 23.9 Å². The number of aromatic amines is 1. The van der Waals surface area contributed by atoms with E-state index in [1.807, 2.05) is 6.20 Å². The lowest BCUT2D eigenvalue weighted by Gasteiger charge is -2.22. The van der Waals surface area contributed by atoms with Gasteiger partial charge in [-0.05, 0) is 25.5 Å². The normalized spacial score (nSPS) is 22.0. The Morgan fingerprint density at radius 1 is 1.33 bits per heavy atom. The molecule has 0 aromatic carbocycles. The molecule has 3 rings (SSSR count). The molecule has 1 aliphatic heterocycles. The van der Waals surface area contributed by atoms with Gasteiger partial charge in [-0.15, -0.1) is 0 Å². The fourth-order valence-electron chi connectivity index (χ4n) is 2.30. The van der Waals surface area contributed by atoms with E-state index in [2.05, 4.69) is 26.3 Å². The number of aromatic nitrogens is 3. The predicted molar refractivity (Wildman–Crippen MR) is 58.7 cm³/mol. The fourth-order valence-corrected chi connectivity index (χ4v) is 2.30. The van der Waals surface area contributed by atoms with Gasteiger partial charge in [-0.2, -0.15) is 0 Å². The van der Waals surface area contributed by atoms with E-state index in [-0.39, 0.29) is 0 Å². The van der Waals surface area contributed by atoms with Crippen molar-refractivity contribution in [3.8, 4) is 0 Å². The van der Waals surface area contributed by atoms with Crippen LogP contribution in [0.15, 0.2) is 18.6 Å². The maximum Gasteiger partial charge on any atom is 0.140 e. The van der Waals surface area contributed by atoms with Crippen LogP contribution >= 0.6 is 0 Å². The van der Waals surface area contributed by atoms with Crippen molar-refractivity contribution >= 4 is 11.0 Å². The van der Waals surface area contributed by atoms with Crippen LogP contribution in [0.2, 0.25) is 0 Å². The number of piperidine rings is 1. The van der Waals surface area contributed by atoms with Gasteiger partial charge < -0.3 is 10.3 Å². The highest BCUT2D eigenvalue weighted by Crippen LogP contribution is 2.26. The average molecular weight is 202 g/mol. The number of fused-ring (bicyclic) bond motifs is 1. The SMILES string of the molecule is c1nc(C2CCCNC2)c2cc[nH]c2n1. The average Bonchev–Trinajstić information content (AvgIpc) is 2.78. The molecule has 2 N–H and O–H groups in total. The van der Waals surface area contributed by atoms with E-state index >= 15 is 0 Å². The van der Waals surface area contributed by atoms with Gasteiger partial charge in [0.05, 0.1) is 5.69 Å². The van der Waals surface area contributed by atoms with Crippen molar-refractivity contribution < 1.29 is 0 Å². The van der Waals surface area contributed by atoms with Crippen molar-refractivity contribution in [2.24, 2.45) is 0 Å². The first-order valence-corrected chi connectivity index (χ1v) is 5.44. The summed E-state index contributed by atoms with van der Waals surface area (Å²) in [5, 5.41) is 4.59. The lowest BCUT2D eigenvalue weighted by Crippen LogP contribution is -2.28. The highest BCUT2D eigenvalue weighted by atomic mass is 14.9. The van der Waals surface area contributed by atoms with Crippen LogP contribution in [0.5, 0.6) is 0 Å². The number of nitrogens with one attached hydrogen (secondary N) is 2. The minimum Gasteiger partial charge on any atom is -0.346 e. The zero-order valence-corrected chi connectivity index (χ0v) is 8.53. The number of rotatable bonds is 1. The zero-order chi connectivity index (χ0) is 10.1.